The van der Waals surface area contributed by atoms with Crippen molar-refractivity contribution >= 4 is 0 Å². The first kappa shape index (κ1) is 11.4. The molecular formula is C12H24N2O. The molecule has 88 valence electrons. The maximum atomic E-state index is 8.84. The molecule has 2 aliphatic rings. The summed E-state index contributed by atoms with van der Waals surface area (Å²) in [6, 6.07) is 0.861. The third-order valence-electron chi connectivity index (χ3n) is 3.69. The van der Waals surface area contributed by atoms with Crippen LogP contribution in [0.2, 0.25) is 0 Å². The van der Waals surface area contributed by atoms with Gasteiger partial charge in [-0.05, 0) is 57.7 Å². The molecule has 2 N–H and O–H groups in total. The van der Waals surface area contributed by atoms with Crippen molar-refractivity contribution in [1.29, 1.82) is 0 Å². The Morgan fingerprint density at radius 1 is 1.13 bits per heavy atom. The van der Waals surface area contributed by atoms with Crippen molar-refractivity contribution in [2.75, 3.05) is 32.8 Å². The lowest BCUT2D eigenvalue weighted by atomic mass is 9.93. The first-order valence-corrected chi connectivity index (χ1v) is 6.45. The largest absolute Gasteiger partial charge is 0.395 e. The second kappa shape index (κ2) is 5.83. The maximum absolute atomic E-state index is 8.84. The van der Waals surface area contributed by atoms with Gasteiger partial charge in [0.15, 0.2) is 0 Å². The Kier molecular flexibility index (Phi) is 4.42. The number of hydrogen-bond donors (Lipinski definition) is 2. The zero-order valence-corrected chi connectivity index (χ0v) is 9.62. The summed E-state index contributed by atoms with van der Waals surface area (Å²) in [4.78, 5) is 2.38. The molecule has 0 atom stereocenters. The number of piperidine rings is 1. The van der Waals surface area contributed by atoms with Gasteiger partial charge in [0.2, 0.25) is 0 Å². The van der Waals surface area contributed by atoms with Crippen LogP contribution in [0.4, 0.5) is 0 Å². The molecule has 1 saturated carbocycles. The number of nitrogens with zero attached hydrogens (tertiary/aromatic N) is 1. The second-order valence-electron chi connectivity index (χ2n) is 5.03. The molecule has 3 nitrogen and oxygen atoms in total. The summed E-state index contributed by atoms with van der Waals surface area (Å²) in [5.74, 6) is 0.922. The van der Waals surface area contributed by atoms with Crippen molar-refractivity contribution in [2.24, 2.45) is 5.92 Å². The van der Waals surface area contributed by atoms with Gasteiger partial charge in [-0.15, -0.1) is 0 Å². The number of β-amino-alcohol motifs (C(OH)–C–C–N with tert-alkyl or cyclic N) is 1. The number of rotatable bonds is 6. The minimum Gasteiger partial charge on any atom is -0.395 e. The van der Waals surface area contributed by atoms with Crippen LogP contribution >= 0.6 is 0 Å². The topological polar surface area (TPSA) is 35.5 Å². The minimum atomic E-state index is 0.313. The fourth-order valence-corrected chi connectivity index (χ4v) is 2.42. The number of aliphatic hydroxyl groups excluding tert-OH is 1. The van der Waals surface area contributed by atoms with Gasteiger partial charge in [-0.1, -0.05) is 0 Å². The lowest BCUT2D eigenvalue weighted by Crippen LogP contribution is -2.36. The lowest BCUT2D eigenvalue weighted by Gasteiger charge is -2.31. The SMILES string of the molecule is OCCN1CCC(CCNC2CC2)CC1. The van der Waals surface area contributed by atoms with E-state index in [0.717, 1.165) is 18.5 Å². The van der Waals surface area contributed by atoms with Crippen molar-refractivity contribution in [1.82, 2.24) is 10.2 Å². The van der Waals surface area contributed by atoms with E-state index >= 15 is 0 Å². The summed E-state index contributed by atoms with van der Waals surface area (Å²) in [7, 11) is 0. The molecule has 0 spiro atoms. The van der Waals surface area contributed by atoms with Crippen LogP contribution in [0.15, 0.2) is 0 Å². The molecule has 0 bridgehead atoms. The van der Waals surface area contributed by atoms with Crippen LogP contribution in [0.1, 0.15) is 32.1 Å². The van der Waals surface area contributed by atoms with Gasteiger partial charge in [0.1, 0.15) is 0 Å². The average molecular weight is 212 g/mol. The van der Waals surface area contributed by atoms with Gasteiger partial charge in [0.25, 0.3) is 0 Å². The smallest absolute Gasteiger partial charge is 0.0558 e. The predicted molar refractivity (Wildman–Crippen MR) is 61.9 cm³/mol. The highest BCUT2D eigenvalue weighted by Crippen LogP contribution is 2.22. The zero-order valence-electron chi connectivity index (χ0n) is 9.62. The predicted octanol–water partition coefficient (Wildman–Crippen LogP) is 0.833. The molecule has 1 heterocycles. The van der Waals surface area contributed by atoms with Gasteiger partial charge >= 0.3 is 0 Å². The third kappa shape index (κ3) is 4.09. The van der Waals surface area contributed by atoms with E-state index in [0.29, 0.717) is 6.61 Å². The number of hydrogen-bond acceptors (Lipinski definition) is 3. The van der Waals surface area contributed by atoms with Crippen LogP contribution in [0.5, 0.6) is 0 Å². The Balaban J connectivity index is 1.52. The summed E-state index contributed by atoms with van der Waals surface area (Å²) in [6.07, 6.45) is 6.80. The lowest BCUT2D eigenvalue weighted by molar-refractivity contribution is 0.144. The third-order valence-corrected chi connectivity index (χ3v) is 3.69. The molecule has 2 rings (SSSR count). The van der Waals surface area contributed by atoms with Gasteiger partial charge in [0.05, 0.1) is 6.61 Å². The van der Waals surface area contributed by atoms with E-state index in [2.05, 4.69) is 10.2 Å². The quantitative estimate of drug-likeness (QED) is 0.684. The number of aliphatic hydroxyl groups is 1. The van der Waals surface area contributed by atoms with E-state index in [9.17, 15) is 0 Å². The standard InChI is InChI=1S/C12H24N2O/c15-10-9-14-7-4-11(5-8-14)3-6-13-12-1-2-12/h11-13,15H,1-10H2. The Labute approximate surface area is 92.8 Å². The van der Waals surface area contributed by atoms with Crippen molar-refractivity contribution in [3.8, 4) is 0 Å². The van der Waals surface area contributed by atoms with Crippen LogP contribution in [-0.2, 0) is 0 Å². The van der Waals surface area contributed by atoms with Crippen molar-refractivity contribution in [2.45, 2.75) is 38.1 Å². The van der Waals surface area contributed by atoms with Crippen LogP contribution in [0.3, 0.4) is 0 Å². The summed E-state index contributed by atoms with van der Waals surface area (Å²) in [5, 5.41) is 12.4. The molecule has 0 unspecified atom stereocenters. The van der Waals surface area contributed by atoms with E-state index < -0.39 is 0 Å². The van der Waals surface area contributed by atoms with Crippen molar-refractivity contribution < 1.29 is 5.11 Å². The van der Waals surface area contributed by atoms with Crippen LogP contribution < -0.4 is 5.32 Å². The first-order valence-electron chi connectivity index (χ1n) is 6.45. The van der Waals surface area contributed by atoms with Gasteiger partial charge in [-0.25, -0.2) is 0 Å². The molecule has 0 aromatic heterocycles. The molecule has 0 radical (unpaired) electrons. The summed E-state index contributed by atoms with van der Waals surface area (Å²) in [6.45, 7) is 4.78. The molecule has 0 aromatic rings. The Bertz CT molecular complexity index is 174. The molecule has 0 aromatic carbocycles. The Morgan fingerprint density at radius 3 is 2.47 bits per heavy atom. The normalized spacial score (nSPS) is 24.6. The monoisotopic (exact) mass is 212 g/mol. The highest BCUT2D eigenvalue weighted by atomic mass is 16.3. The summed E-state index contributed by atoms with van der Waals surface area (Å²) >= 11 is 0. The van der Waals surface area contributed by atoms with E-state index in [-0.39, 0.29) is 0 Å². The van der Waals surface area contributed by atoms with Gasteiger partial charge < -0.3 is 15.3 Å². The van der Waals surface area contributed by atoms with Crippen molar-refractivity contribution in [3.63, 3.8) is 0 Å². The van der Waals surface area contributed by atoms with Gasteiger partial charge in [0, 0.05) is 12.6 Å². The average Bonchev–Trinajstić information content (AvgIpc) is 3.05. The second-order valence-corrected chi connectivity index (χ2v) is 5.03. The maximum Gasteiger partial charge on any atom is 0.0558 e. The minimum absolute atomic E-state index is 0.313. The van der Waals surface area contributed by atoms with Crippen LogP contribution in [0.25, 0.3) is 0 Å². The zero-order chi connectivity index (χ0) is 10.5. The van der Waals surface area contributed by atoms with E-state index in [1.165, 1.54) is 51.7 Å². The molecule has 2 fully saturated rings. The van der Waals surface area contributed by atoms with Crippen LogP contribution in [0, 0.1) is 5.92 Å². The van der Waals surface area contributed by atoms with E-state index in [4.69, 9.17) is 5.11 Å². The fraction of sp³-hybridized carbons (Fsp3) is 1.00. The van der Waals surface area contributed by atoms with Gasteiger partial charge in [-0.2, -0.15) is 0 Å². The number of nitrogens with one attached hydrogen (secondary N) is 1. The molecule has 0 amide bonds. The van der Waals surface area contributed by atoms with Crippen LogP contribution in [-0.4, -0.2) is 48.8 Å². The molecule has 15 heavy (non-hydrogen) atoms. The summed E-state index contributed by atoms with van der Waals surface area (Å²) in [5.41, 5.74) is 0. The first-order chi connectivity index (χ1) is 7.38. The van der Waals surface area contributed by atoms with Crippen molar-refractivity contribution in [3.05, 3.63) is 0 Å². The molecule has 1 saturated heterocycles. The van der Waals surface area contributed by atoms with E-state index in [1.807, 2.05) is 0 Å². The van der Waals surface area contributed by atoms with Gasteiger partial charge in [-0.3, -0.25) is 0 Å². The molecule has 3 heteroatoms. The Hall–Kier alpha value is -0.120. The fourth-order valence-electron chi connectivity index (χ4n) is 2.42. The number of likely N-dealkylation sites (tertiary alicyclic amines) is 1. The van der Waals surface area contributed by atoms with E-state index in [1.54, 1.807) is 0 Å². The highest BCUT2D eigenvalue weighted by molar-refractivity contribution is 4.81. The molecule has 1 aliphatic heterocycles. The summed E-state index contributed by atoms with van der Waals surface area (Å²) < 4.78 is 0. The Morgan fingerprint density at radius 2 is 1.87 bits per heavy atom. The molecule has 1 aliphatic carbocycles. The molecular weight excluding hydrogens is 188 g/mol. The highest BCUT2D eigenvalue weighted by Gasteiger charge is 2.22.